The van der Waals surface area contributed by atoms with Gasteiger partial charge in [0.2, 0.25) is 0 Å². The van der Waals surface area contributed by atoms with Crippen LogP contribution in [0, 0.1) is 18.3 Å². The molecule has 3 nitrogen and oxygen atoms in total. The SMILES string of the molecule is CCNCc1ccc(Oc2ccccc2C)c(C#N)c1. The second kappa shape index (κ2) is 6.74. The summed E-state index contributed by atoms with van der Waals surface area (Å²) in [7, 11) is 0. The zero-order valence-electron chi connectivity index (χ0n) is 11.8. The Morgan fingerprint density at radius 1 is 1.15 bits per heavy atom. The average Bonchev–Trinajstić information content (AvgIpc) is 2.48. The molecule has 0 spiro atoms. The van der Waals surface area contributed by atoms with Gasteiger partial charge in [-0.05, 0) is 42.8 Å². The summed E-state index contributed by atoms with van der Waals surface area (Å²) in [4.78, 5) is 0. The van der Waals surface area contributed by atoms with Crippen molar-refractivity contribution in [3.63, 3.8) is 0 Å². The van der Waals surface area contributed by atoms with E-state index in [2.05, 4.69) is 18.3 Å². The lowest BCUT2D eigenvalue weighted by Crippen LogP contribution is -2.11. The number of ether oxygens (including phenoxy) is 1. The molecule has 0 aromatic heterocycles. The highest BCUT2D eigenvalue weighted by Crippen LogP contribution is 2.28. The Bertz CT molecular complexity index is 629. The van der Waals surface area contributed by atoms with Crippen LogP contribution in [0.4, 0.5) is 0 Å². The van der Waals surface area contributed by atoms with Gasteiger partial charge >= 0.3 is 0 Å². The number of nitriles is 1. The summed E-state index contributed by atoms with van der Waals surface area (Å²) in [5.41, 5.74) is 2.69. The van der Waals surface area contributed by atoms with Gasteiger partial charge in [-0.3, -0.25) is 0 Å². The molecule has 0 saturated carbocycles. The topological polar surface area (TPSA) is 45.0 Å². The summed E-state index contributed by atoms with van der Waals surface area (Å²) in [6, 6.07) is 15.7. The van der Waals surface area contributed by atoms with Crippen molar-refractivity contribution >= 4 is 0 Å². The normalized spacial score (nSPS) is 10.1. The molecule has 0 fully saturated rings. The van der Waals surface area contributed by atoms with Gasteiger partial charge in [-0.15, -0.1) is 0 Å². The van der Waals surface area contributed by atoms with Crippen LogP contribution in [0.2, 0.25) is 0 Å². The van der Waals surface area contributed by atoms with Crippen LogP contribution in [-0.2, 0) is 6.54 Å². The lowest BCUT2D eigenvalue weighted by molar-refractivity contribution is 0.477. The number of nitrogens with zero attached hydrogens (tertiary/aromatic N) is 1. The van der Waals surface area contributed by atoms with Crippen LogP contribution in [0.3, 0.4) is 0 Å². The molecule has 2 aromatic rings. The Morgan fingerprint density at radius 3 is 2.65 bits per heavy atom. The monoisotopic (exact) mass is 266 g/mol. The lowest BCUT2D eigenvalue weighted by Gasteiger charge is -2.11. The first-order chi connectivity index (χ1) is 9.74. The van der Waals surface area contributed by atoms with Crippen LogP contribution in [0.5, 0.6) is 11.5 Å². The molecule has 0 radical (unpaired) electrons. The first-order valence-electron chi connectivity index (χ1n) is 6.72. The molecule has 0 atom stereocenters. The maximum atomic E-state index is 9.27. The summed E-state index contributed by atoms with van der Waals surface area (Å²) in [6.07, 6.45) is 0. The average molecular weight is 266 g/mol. The minimum Gasteiger partial charge on any atom is -0.456 e. The van der Waals surface area contributed by atoms with Gasteiger partial charge in [0, 0.05) is 6.54 Å². The molecule has 3 heteroatoms. The Kier molecular flexibility index (Phi) is 4.75. The predicted octanol–water partition coefficient (Wildman–Crippen LogP) is 3.77. The molecule has 102 valence electrons. The van der Waals surface area contributed by atoms with Gasteiger partial charge in [-0.25, -0.2) is 0 Å². The molecular formula is C17H18N2O. The molecule has 0 unspecified atom stereocenters. The molecule has 0 amide bonds. The second-order valence-corrected chi connectivity index (χ2v) is 4.59. The van der Waals surface area contributed by atoms with Crippen molar-refractivity contribution < 1.29 is 4.74 Å². The van der Waals surface area contributed by atoms with Gasteiger partial charge in [0.15, 0.2) is 0 Å². The maximum absolute atomic E-state index is 9.27. The summed E-state index contributed by atoms with van der Waals surface area (Å²) in [5.74, 6) is 1.38. The standard InChI is InChI=1S/C17H18N2O/c1-3-19-12-14-8-9-17(15(10-14)11-18)20-16-7-5-4-6-13(16)2/h4-10,19H,3,12H2,1-2H3. The van der Waals surface area contributed by atoms with E-state index in [-0.39, 0.29) is 0 Å². The van der Waals surface area contributed by atoms with E-state index < -0.39 is 0 Å². The molecule has 0 saturated heterocycles. The summed E-state index contributed by atoms with van der Waals surface area (Å²) >= 11 is 0. The highest BCUT2D eigenvalue weighted by Gasteiger charge is 2.07. The first-order valence-corrected chi connectivity index (χ1v) is 6.72. The van der Waals surface area contributed by atoms with E-state index >= 15 is 0 Å². The quantitative estimate of drug-likeness (QED) is 0.896. The summed E-state index contributed by atoms with van der Waals surface area (Å²) in [5, 5.41) is 12.5. The molecule has 0 aliphatic rings. The van der Waals surface area contributed by atoms with E-state index in [9.17, 15) is 5.26 Å². The van der Waals surface area contributed by atoms with Gasteiger partial charge in [0.05, 0.1) is 5.56 Å². The van der Waals surface area contributed by atoms with Crippen LogP contribution < -0.4 is 10.1 Å². The second-order valence-electron chi connectivity index (χ2n) is 4.59. The van der Waals surface area contributed by atoms with Crippen LogP contribution in [0.25, 0.3) is 0 Å². The van der Waals surface area contributed by atoms with E-state index in [0.717, 1.165) is 30.0 Å². The van der Waals surface area contributed by atoms with Crippen molar-refractivity contribution in [3.05, 3.63) is 59.2 Å². The highest BCUT2D eigenvalue weighted by molar-refractivity contribution is 5.48. The van der Waals surface area contributed by atoms with E-state index in [1.807, 2.05) is 49.4 Å². The van der Waals surface area contributed by atoms with E-state index in [1.54, 1.807) is 0 Å². The predicted molar refractivity (Wildman–Crippen MR) is 79.8 cm³/mol. The van der Waals surface area contributed by atoms with Crippen molar-refractivity contribution in [2.75, 3.05) is 6.54 Å². The van der Waals surface area contributed by atoms with Gasteiger partial charge in [-0.2, -0.15) is 5.26 Å². The smallest absolute Gasteiger partial charge is 0.145 e. The fourth-order valence-corrected chi connectivity index (χ4v) is 1.92. The van der Waals surface area contributed by atoms with Gasteiger partial charge in [-0.1, -0.05) is 31.2 Å². The number of rotatable bonds is 5. The molecule has 0 heterocycles. The van der Waals surface area contributed by atoms with Crippen molar-refractivity contribution in [1.29, 1.82) is 5.26 Å². The number of para-hydroxylation sites is 1. The third-order valence-electron chi connectivity index (χ3n) is 3.06. The summed E-state index contributed by atoms with van der Waals surface area (Å²) < 4.78 is 5.85. The van der Waals surface area contributed by atoms with Crippen molar-refractivity contribution in [2.24, 2.45) is 0 Å². The number of aryl methyl sites for hydroxylation is 1. The molecule has 2 rings (SSSR count). The van der Waals surface area contributed by atoms with Crippen LogP contribution in [0.15, 0.2) is 42.5 Å². The minimum absolute atomic E-state index is 0.559. The molecule has 0 bridgehead atoms. The van der Waals surface area contributed by atoms with E-state index in [4.69, 9.17) is 4.74 Å². The van der Waals surface area contributed by atoms with Gasteiger partial charge in [0.1, 0.15) is 17.6 Å². The van der Waals surface area contributed by atoms with Crippen LogP contribution in [-0.4, -0.2) is 6.54 Å². The Morgan fingerprint density at radius 2 is 1.95 bits per heavy atom. The minimum atomic E-state index is 0.559. The van der Waals surface area contributed by atoms with Crippen molar-refractivity contribution in [3.8, 4) is 17.6 Å². The molecule has 0 aliphatic heterocycles. The number of hydrogen-bond donors (Lipinski definition) is 1. The fraction of sp³-hybridized carbons (Fsp3) is 0.235. The largest absolute Gasteiger partial charge is 0.456 e. The maximum Gasteiger partial charge on any atom is 0.145 e. The molecule has 2 aromatic carbocycles. The van der Waals surface area contributed by atoms with Crippen LogP contribution >= 0.6 is 0 Å². The lowest BCUT2D eigenvalue weighted by atomic mass is 10.1. The van der Waals surface area contributed by atoms with E-state index in [0.29, 0.717) is 11.3 Å². The van der Waals surface area contributed by atoms with E-state index in [1.165, 1.54) is 0 Å². The number of nitrogens with one attached hydrogen (secondary N) is 1. The molecule has 1 N–H and O–H groups in total. The zero-order valence-corrected chi connectivity index (χ0v) is 11.8. The highest BCUT2D eigenvalue weighted by atomic mass is 16.5. The third kappa shape index (κ3) is 3.37. The molecular weight excluding hydrogens is 248 g/mol. The van der Waals surface area contributed by atoms with Gasteiger partial charge < -0.3 is 10.1 Å². The molecule has 20 heavy (non-hydrogen) atoms. The Hall–Kier alpha value is -2.31. The number of benzene rings is 2. The molecule has 0 aliphatic carbocycles. The fourth-order valence-electron chi connectivity index (χ4n) is 1.92. The van der Waals surface area contributed by atoms with Crippen molar-refractivity contribution in [2.45, 2.75) is 20.4 Å². The Labute approximate surface area is 119 Å². The Balaban J connectivity index is 2.24. The third-order valence-corrected chi connectivity index (χ3v) is 3.06. The van der Waals surface area contributed by atoms with Crippen molar-refractivity contribution in [1.82, 2.24) is 5.32 Å². The van der Waals surface area contributed by atoms with Crippen LogP contribution in [0.1, 0.15) is 23.6 Å². The number of hydrogen-bond acceptors (Lipinski definition) is 3. The summed E-state index contributed by atoms with van der Waals surface area (Å²) in [6.45, 7) is 5.71. The zero-order chi connectivity index (χ0) is 14.4. The first kappa shape index (κ1) is 14.1. The van der Waals surface area contributed by atoms with Gasteiger partial charge in [0.25, 0.3) is 0 Å².